The quantitative estimate of drug-likeness (QED) is 0.584. The summed E-state index contributed by atoms with van der Waals surface area (Å²) in [5.41, 5.74) is 1.81. The van der Waals surface area contributed by atoms with Crippen LogP contribution in [-0.4, -0.2) is 21.0 Å². The first-order valence-electron chi connectivity index (χ1n) is 7.96. The third-order valence-corrected chi connectivity index (χ3v) is 4.75. The molecule has 0 aliphatic rings. The van der Waals surface area contributed by atoms with Gasteiger partial charge >= 0.3 is 0 Å². The first-order chi connectivity index (χ1) is 12.8. The van der Waals surface area contributed by atoms with Gasteiger partial charge in [-0.25, -0.2) is 0 Å². The Labute approximate surface area is 153 Å². The number of aromatic nitrogens is 3. The molecule has 1 aromatic carbocycles. The van der Waals surface area contributed by atoms with E-state index in [1.807, 2.05) is 48.5 Å². The Morgan fingerprint density at radius 3 is 2.77 bits per heavy atom. The zero-order chi connectivity index (χ0) is 17.8. The van der Waals surface area contributed by atoms with E-state index in [-0.39, 0.29) is 5.91 Å². The smallest absolute Gasteiger partial charge is 0.261 e. The van der Waals surface area contributed by atoms with Crippen molar-refractivity contribution < 1.29 is 9.32 Å². The zero-order valence-corrected chi connectivity index (χ0v) is 14.4. The highest BCUT2D eigenvalue weighted by molar-refractivity contribution is 7.17. The van der Waals surface area contributed by atoms with Crippen molar-refractivity contribution in [3.63, 3.8) is 0 Å². The monoisotopic (exact) mass is 362 g/mol. The van der Waals surface area contributed by atoms with Gasteiger partial charge in [-0.3, -0.25) is 9.78 Å². The second-order valence-corrected chi connectivity index (χ2v) is 6.58. The van der Waals surface area contributed by atoms with Crippen molar-refractivity contribution in [2.75, 3.05) is 0 Å². The van der Waals surface area contributed by atoms with Gasteiger partial charge in [0.2, 0.25) is 5.82 Å². The van der Waals surface area contributed by atoms with Gasteiger partial charge < -0.3 is 9.84 Å². The van der Waals surface area contributed by atoms with Crippen LogP contribution in [0.25, 0.3) is 22.2 Å². The molecule has 1 N–H and O–H groups in total. The topological polar surface area (TPSA) is 80.9 Å². The highest BCUT2D eigenvalue weighted by Gasteiger charge is 2.15. The standard InChI is InChI=1S/C19H14N4O2S/c24-18(21-12-13-5-4-10-20-11-13)16-9-8-15(26-16)17-22-19(25-23-17)14-6-2-1-3-7-14/h1-11H,12H2,(H,21,24). The lowest BCUT2D eigenvalue weighted by atomic mass is 10.2. The average molecular weight is 362 g/mol. The van der Waals surface area contributed by atoms with Crippen molar-refractivity contribution in [1.29, 1.82) is 0 Å². The van der Waals surface area contributed by atoms with Crippen LogP contribution in [0.3, 0.4) is 0 Å². The lowest BCUT2D eigenvalue weighted by Crippen LogP contribution is -2.21. The molecule has 6 nitrogen and oxygen atoms in total. The number of nitrogens with zero attached hydrogens (tertiary/aromatic N) is 3. The average Bonchev–Trinajstić information content (AvgIpc) is 3.37. The molecule has 128 valence electrons. The van der Waals surface area contributed by atoms with Crippen molar-refractivity contribution in [3.05, 3.63) is 77.4 Å². The lowest BCUT2D eigenvalue weighted by molar-refractivity contribution is 0.0955. The van der Waals surface area contributed by atoms with E-state index in [1.54, 1.807) is 18.5 Å². The van der Waals surface area contributed by atoms with Crippen LogP contribution in [0, 0.1) is 0 Å². The predicted octanol–water partition coefficient (Wildman–Crippen LogP) is 3.79. The van der Waals surface area contributed by atoms with Crippen molar-refractivity contribution in [2.24, 2.45) is 0 Å². The molecule has 1 amide bonds. The second kappa shape index (κ2) is 7.28. The van der Waals surface area contributed by atoms with Gasteiger partial charge in [-0.1, -0.05) is 29.4 Å². The number of rotatable bonds is 5. The molecule has 0 unspecified atom stereocenters. The summed E-state index contributed by atoms with van der Waals surface area (Å²) in [7, 11) is 0. The fourth-order valence-electron chi connectivity index (χ4n) is 2.37. The maximum Gasteiger partial charge on any atom is 0.261 e. The molecule has 0 aliphatic carbocycles. The Bertz CT molecular complexity index is 1010. The summed E-state index contributed by atoms with van der Waals surface area (Å²) in [6.07, 6.45) is 3.43. The highest BCUT2D eigenvalue weighted by Crippen LogP contribution is 2.28. The van der Waals surface area contributed by atoms with Crippen LogP contribution < -0.4 is 5.32 Å². The Balaban J connectivity index is 1.46. The Morgan fingerprint density at radius 2 is 1.96 bits per heavy atom. The molecule has 0 fully saturated rings. The van der Waals surface area contributed by atoms with Crippen molar-refractivity contribution in [1.82, 2.24) is 20.4 Å². The number of thiophene rings is 1. The normalized spacial score (nSPS) is 10.6. The van der Waals surface area contributed by atoms with Gasteiger partial charge in [0.1, 0.15) is 0 Å². The van der Waals surface area contributed by atoms with E-state index in [1.165, 1.54) is 11.3 Å². The molecule has 3 heterocycles. The SMILES string of the molecule is O=C(NCc1cccnc1)c1ccc(-c2noc(-c3ccccc3)n2)s1. The summed E-state index contributed by atoms with van der Waals surface area (Å²) in [6.45, 7) is 0.431. The van der Waals surface area contributed by atoms with Gasteiger partial charge in [0.25, 0.3) is 11.8 Å². The minimum absolute atomic E-state index is 0.142. The van der Waals surface area contributed by atoms with Crippen LogP contribution in [0.4, 0.5) is 0 Å². The molecule has 4 rings (SSSR count). The summed E-state index contributed by atoms with van der Waals surface area (Å²) < 4.78 is 5.32. The number of hydrogen-bond acceptors (Lipinski definition) is 6. The number of carbonyl (C=O) groups excluding carboxylic acids is 1. The minimum atomic E-state index is -0.142. The highest BCUT2D eigenvalue weighted by atomic mass is 32.1. The van der Waals surface area contributed by atoms with Gasteiger partial charge in [0.05, 0.1) is 9.75 Å². The summed E-state index contributed by atoms with van der Waals surface area (Å²) >= 11 is 1.33. The van der Waals surface area contributed by atoms with Crippen LogP contribution in [0.15, 0.2) is 71.5 Å². The van der Waals surface area contributed by atoms with Crippen LogP contribution in [-0.2, 0) is 6.54 Å². The molecule has 0 bridgehead atoms. The molecule has 0 saturated heterocycles. The summed E-state index contributed by atoms with van der Waals surface area (Å²) in [6, 6.07) is 16.9. The number of carbonyl (C=O) groups is 1. The lowest BCUT2D eigenvalue weighted by Gasteiger charge is -2.02. The molecular weight excluding hydrogens is 348 g/mol. The number of amides is 1. The Hall–Kier alpha value is -3.32. The van der Waals surface area contributed by atoms with Crippen LogP contribution >= 0.6 is 11.3 Å². The summed E-state index contributed by atoms with van der Waals surface area (Å²) in [4.78, 5) is 22.1. The fourth-order valence-corrected chi connectivity index (χ4v) is 3.22. The third-order valence-electron chi connectivity index (χ3n) is 3.67. The van der Waals surface area contributed by atoms with E-state index in [9.17, 15) is 4.79 Å². The number of benzene rings is 1. The van der Waals surface area contributed by atoms with E-state index < -0.39 is 0 Å². The van der Waals surface area contributed by atoms with Gasteiger partial charge in [-0.05, 0) is 35.9 Å². The van der Waals surface area contributed by atoms with Gasteiger partial charge in [-0.2, -0.15) is 4.98 Å². The molecule has 0 atom stereocenters. The molecule has 3 aromatic heterocycles. The van der Waals surface area contributed by atoms with Crippen LogP contribution in [0.5, 0.6) is 0 Å². The summed E-state index contributed by atoms with van der Waals surface area (Å²) in [5, 5.41) is 6.89. The van der Waals surface area contributed by atoms with Crippen molar-refractivity contribution in [3.8, 4) is 22.2 Å². The molecule has 4 aromatic rings. The number of hydrogen-bond donors (Lipinski definition) is 1. The van der Waals surface area contributed by atoms with E-state index >= 15 is 0 Å². The first kappa shape index (κ1) is 16.2. The number of pyridine rings is 1. The van der Waals surface area contributed by atoms with Gasteiger partial charge in [0, 0.05) is 24.5 Å². The second-order valence-electron chi connectivity index (χ2n) is 5.50. The third kappa shape index (κ3) is 3.52. The number of nitrogens with one attached hydrogen (secondary N) is 1. The zero-order valence-electron chi connectivity index (χ0n) is 13.6. The van der Waals surface area contributed by atoms with E-state index in [2.05, 4.69) is 20.4 Å². The van der Waals surface area contributed by atoms with Crippen LogP contribution in [0.1, 0.15) is 15.2 Å². The molecule has 7 heteroatoms. The molecule has 0 spiro atoms. The van der Waals surface area contributed by atoms with Crippen molar-refractivity contribution in [2.45, 2.75) is 6.54 Å². The van der Waals surface area contributed by atoms with E-state index in [0.29, 0.717) is 23.1 Å². The van der Waals surface area contributed by atoms with Crippen molar-refractivity contribution >= 4 is 17.2 Å². The van der Waals surface area contributed by atoms with E-state index in [4.69, 9.17) is 4.52 Å². The summed E-state index contributed by atoms with van der Waals surface area (Å²) in [5.74, 6) is 0.786. The molecular formula is C19H14N4O2S. The maximum atomic E-state index is 12.3. The fraction of sp³-hybridized carbons (Fsp3) is 0.0526. The molecule has 0 radical (unpaired) electrons. The van der Waals surface area contributed by atoms with Gasteiger partial charge in [0.15, 0.2) is 0 Å². The molecule has 26 heavy (non-hydrogen) atoms. The van der Waals surface area contributed by atoms with Crippen LogP contribution in [0.2, 0.25) is 0 Å². The molecule has 0 saturated carbocycles. The minimum Gasteiger partial charge on any atom is -0.347 e. The Kier molecular flexibility index (Phi) is 4.53. The first-order valence-corrected chi connectivity index (χ1v) is 8.78. The largest absolute Gasteiger partial charge is 0.347 e. The predicted molar refractivity (Wildman–Crippen MR) is 98.5 cm³/mol. The van der Waals surface area contributed by atoms with E-state index in [0.717, 1.165) is 16.0 Å². The van der Waals surface area contributed by atoms with Gasteiger partial charge in [-0.15, -0.1) is 11.3 Å². The maximum absolute atomic E-state index is 12.3. The Morgan fingerprint density at radius 1 is 1.08 bits per heavy atom. The molecule has 0 aliphatic heterocycles.